The van der Waals surface area contributed by atoms with Gasteiger partial charge in [0, 0.05) is 11.1 Å². The maximum atomic E-state index is 8.00. The van der Waals surface area contributed by atoms with Gasteiger partial charge in [-0.25, -0.2) is 0 Å². The average Bonchev–Trinajstić information content (AvgIpc) is 2.65. The van der Waals surface area contributed by atoms with Crippen molar-refractivity contribution in [2.75, 3.05) is 5.75 Å². The topological polar surface area (TPSA) is 42.9 Å². The number of carbonyl (C=O) groups is 1. The summed E-state index contributed by atoms with van der Waals surface area (Å²) in [6, 6.07) is 0. The lowest BCUT2D eigenvalue weighted by molar-refractivity contribution is -0.0979. The summed E-state index contributed by atoms with van der Waals surface area (Å²) in [7, 11) is 0. The van der Waals surface area contributed by atoms with Crippen molar-refractivity contribution in [3.05, 3.63) is 24.2 Å². The molecule has 0 aliphatic rings. The van der Waals surface area contributed by atoms with Crippen LogP contribution in [0.5, 0.6) is 0 Å². The number of hydrogen-bond donors (Lipinski definition) is 1. The van der Waals surface area contributed by atoms with Crippen molar-refractivity contribution < 1.29 is 4.79 Å². The fourth-order valence-electron chi connectivity index (χ4n) is 0.136. The Labute approximate surface area is 75.7 Å². The molecule has 0 radical (unpaired) electrons. The molecule has 62 valence electrons. The Balaban J connectivity index is 0. The number of thiol groups is 1. The van der Waals surface area contributed by atoms with Crippen LogP contribution in [-0.2, 0) is 4.79 Å². The smallest absolute Gasteiger partial charge is 0.106 e. The molecule has 0 spiro atoms. The van der Waals surface area contributed by atoms with Crippen LogP contribution in [0.2, 0.25) is 0 Å². The second-order valence-corrected chi connectivity index (χ2v) is 2.07. The predicted octanol–water partition coefficient (Wildman–Crippen LogP) is 1.46. The SMILES string of the molecule is C=CCS.C=O.c1csnn1. The molecule has 0 N–H and O–H groups in total. The van der Waals surface area contributed by atoms with Crippen LogP contribution < -0.4 is 0 Å². The Bertz CT molecular complexity index is 127. The third-order valence-electron chi connectivity index (χ3n) is 0.412. The summed E-state index contributed by atoms with van der Waals surface area (Å²) in [6.07, 6.45) is 3.40. The minimum absolute atomic E-state index is 0.778. The van der Waals surface area contributed by atoms with Gasteiger partial charge < -0.3 is 4.79 Å². The van der Waals surface area contributed by atoms with E-state index in [1.54, 1.807) is 12.3 Å². The lowest BCUT2D eigenvalue weighted by atomic mass is 10.8. The van der Waals surface area contributed by atoms with Crippen LogP contribution in [0.25, 0.3) is 0 Å². The van der Waals surface area contributed by atoms with Crippen LogP contribution in [0.4, 0.5) is 0 Å². The molecule has 0 atom stereocenters. The summed E-state index contributed by atoms with van der Waals surface area (Å²) in [4.78, 5) is 8.00. The lowest BCUT2D eigenvalue weighted by Crippen LogP contribution is -1.51. The first-order valence-corrected chi connectivity index (χ1v) is 4.10. The van der Waals surface area contributed by atoms with Crippen molar-refractivity contribution in [3.63, 3.8) is 0 Å². The molecule has 0 aromatic carbocycles. The van der Waals surface area contributed by atoms with Crippen LogP contribution in [0.1, 0.15) is 0 Å². The second-order valence-electron chi connectivity index (χ2n) is 1.06. The quantitative estimate of drug-likeness (QED) is 0.538. The van der Waals surface area contributed by atoms with Gasteiger partial charge >= 0.3 is 0 Å². The van der Waals surface area contributed by atoms with Gasteiger partial charge in [-0.15, -0.1) is 11.7 Å². The van der Waals surface area contributed by atoms with E-state index < -0.39 is 0 Å². The first-order chi connectivity index (χ1) is 5.41. The summed E-state index contributed by atoms with van der Waals surface area (Å²) in [5.41, 5.74) is 0. The Morgan fingerprint density at radius 1 is 1.64 bits per heavy atom. The van der Waals surface area contributed by atoms with E-state index in [0.717, 1.165) is 5.75 Å². The Kier molecular flexibility index (Phi) is 19.0. The number of aromatic nitrogens is 2. The first kappa shape index (κ1) is 12.9. The molecule has 1 heterocycles. The summed E-state index contributed by atoms with van der Waals surface area (Å²) in [6.45, 7) is 5.40. The summed E-state index contributed by atoms with van der Waals surface area (Å²) in [5, 5.41) is 5.31. The lowest BCUT2D eigenvalue weighted by Gasteiger charge is -1.57. The molecule has 0 aliphatic heterocycles. The summed E-state index contributed by atoms with van der Waals surface area (Å²) >= 11 is 5.15. The molecule has 0 saturated carbocycles. The zero-order chi connectivity index (χ0) is 8.95. The average molecular weight is 190 g/mol. The highest BCUT2D eigenvalue weighted by molar-refractivity contribution is 7.80. The van der Waals surface area contributed by atoms with E-state index in [9.17, 15) is 0 Å². The van der Waals surface area contributed by atoms with Crippen LogP contribution in [0.3, 0.4) is 0 Å². The van der Waals surface area contributed by atoms with Gasteiger partial charge in [0.25, 0.3) is 0 Å². The maximum Gasteiger partial charge on any atom is 0.106 e. The van der Waals surface area contributed by atoms with Crippen LogP contribution >= 0.6 is 24.2 Å². The van der Waals surface area contributed by atoms with Gasteiger partial charge in [0.05, 0.1) is 6.20 Å². The largest absolute Gasteiger partial charge is 0.307 e. The van der Waals surface area contributed by atoms with E-state index in [-0.39, 0.29) is 0 Å². The molecule has 1 aromatic heterocycles. The Morgan fingerprint density at radius 2 is 2.18 bits per heavy atom. The zero-order valence-corrected chi connectivity index (χ0v) is 7.72. The number of nitrogens with zero attached hydrogens (tertiary/aromatic N) is 2. The molecule has 0 bridgehead atoms. The van der Waals surface area contributed by atoms with E-state index in [1.165, 1.54) is 11.5 Å². The molecular formula is C6H10N2OS2. The fraction of sp³-hybridized carbons (Fsp3) is 0.167. The minimum Gasteiger partial charge on any atom is -0.307 e. The Hall–Kier alpha value is -0.680. The van der Waals surface area contributed by atoms with E-state index >= 15 is 0 Å². The van der Waals surface area contributed by atoms with Gasteiger partial charge in [0.15, 0.2) is 0 Å². The molecule has 0 amide bonds. The van der Waals surface area contributed by atoms with Crippen LogP contribution in [0.15, 0.2) is 24.2 Å². The Morgan fingerprint density at radius 3 is 2.27 bits per heavy atom. The molecule has 5 heteroatoms. The normalized spacial score (nSPS) is 6.27. The number of rotatable bonds is 1. The van der Waals surface area contributed by atoms with E-state index in [1.807, 2.05) is 12.2 Å². The molecule has 0 aliphatic carbocycles. The molecule has 0 fully saturated rings. The monoisotopic (exact) mass is 190 g/mol. The third-order valence-corrected chi connectivity index (χ3v) is 1.10. The molecule has 3 nitrogen and oxygen atoms in total. The minimum atomic E-state index is 0.778. The van der Waals surface area contributed by atoms with Gasteiger partial charge in [-0.3, -0.25) is 0 Å². The van der Waals surface area contributed by atoms with Crippen LogP contribution in [0, 0.1) is 0 Å². The van der Waals surface area contributed by atoms with Crippen LogP contribution in [-0.4, -0.2) is 22.1 Å². The van der Waals surface area contributed by atoms with Crippen molar-refractivity contribution in [2.45, 2.75) is 0 Å². The summed E-state index contributed by atoms with van der Waals surface area (Å²) in [5.74, 6) is 0.778. The van der Waals surface area contributed by atoms with Gasteiger partial charge in [0.2, 0.25) is 0 Å². The zero-order valence-electron chi connectivity index (χ0n) is 6.01. The van der Waals surface area contributed by atoms with Crippen molar-refractivity contribution >= 4 is 31.0 Å². The molecule has 1 rings (SSSR count). The number of carbonyl (C=O) groups excluding carboxylic acids is 1. The molecular weight excluding hydrogens is 180 g/mol. The second kappa shape index (κ2) is 16.2. The highest BCUT2D eigenvalue weighted by Gasteiger charge is 1.61. The highest BCUT2D eigenvalue weighted by Crippen LogP contribution is 1.78. The predicted molar refractivity (Wildman–Crippen MR) is 51.1 cm³/mol. The standard InChI is InChI=1S/C3H6S.C2H2N2S.CH2O/c1-2-3-4;1-2-5-4-3-1;1-2/h2,4H,1,3H2;1-2H;1H2. The van der Waals surface area contributed by atoms with Crippen molar-refractivity contribution in [1.82, 2.24) is 9.59 Å². The van der Waals surface area contributed by atoms with Gasteiger partial charge in [-0.2, -0.15) is 12.6 Å². The molecule has 11 heavy (non-hydrogen) atoms. The van der Waals surface area contributed by atoms with Gasteiger partial charge in [0.1, 0.15) is 6.79 Å². The van der Waals surface area contributed by atoms with E-state index in [2.05, 4.69) is 28.8 Å². The third kappa shape index (κ3) is 17.6. The van der Waals surface area contributed by atoms with E-state index in [0.29, 0.717) is 0 Å². The molecule has 1 aromatic rings. The van der Waals surface area contributed by atoms with Crippen molar-refractivity contribution in [2.24, 2.45) is 0 Å². The van der Waals surface area contributed by atoms with Gasteiger partial charge in [-0.05, 0) is 11.5 Å². The van der Waals surface area contributed by atoms with Crippen molar-refractivity contribution in [3.8, 4) is 0 Å². The van der Waals surface area contributed by atoms with Crippen molar-refractivity contribution in [1.29, 1.82) is 0 Å². The fourth-order valence-corrected chi connectivity index (χ4v) is 0.408. The highest BCUT2D eigenvalue weighted by atomic mass is 32.1. The van der Waals surface area contributed by atoms with E-state index in [4.69, 9.17) is 4.79 Å². The summed E-state index contributed by atoms with van der Waals surface area (Å²) < 4.78 is 3.51. The molecule has 0 unspecified atom stereocenters. The van der Waals surface area contributed by atoms with Gasteiger partial charge in [-0.1, -0.05) is 10.6 Å². The first-order valence-electron chi connectivity index (χ1n) is 2.63. The number of hydrogen-bond acceptors (Lipinski definition) is 5. The maximum absolute atomic E-state index is 8.00. The molecule has 0 saturated heterocycles.